The highest BCUT2D eigenvalue weighted by molar-refractivity contribution is 6.76. The molecule has 0 aromatic carbocycles. The Labute approximate surface area is 173 Å². The summed E-state index contributed by atoms with van der Waals surface area (Å²) in [5.74, 6) is 0. The minimum Gasteiger partial charge on any atom is -0.361 e. The molecule has 160 valence electrons. The van der Waals surface area contributed by atoms with Gasteiger partial charge in [-0.3, -0.25) is 0 Å². The van der Waals surface area contributed by atoms with Crippen molar-refractivity contribution in [1.82, 2.24) is 19.1 Å². The van der Waals surface area contributed by atoms with Crippen molar-refractivity contribution in [1.29, 1.82) is 0 Å². The van der Waals surface area contributed by atoms with Crippen LogP contribution in [-0.2, 0) is 22.9 Å². The van der Waals surface area contributed by atoms with Crippen LogP contribution >= 0.6 is 0 Å². The molecule has 2 aromatic rings. The number of hydrogen-bond donors (Lipinski definition) is 0. The fourth-order valence-electron chi connectivity index (χ4n) is 2.15. The number of rotatable bonds is 10. The van der Waals surface area contributed by atoms with Gasteiger partial charge >= 0.3 is 0 Å². The predicted octanol–water partition coefficient (Wildman–Crippen LogP) is 5.01. The van der Waals surface area contributed by atoms with E-state index in [2.05, 4.69) is 49.3 Å². The van der Waals surface area contributed by atoms with Gasteiger partial charge in [0.2, 0.25) is 0 Å². The Bertz CT molecular complexity index is 672. The normalized spacial score (nSPS) is 12.0. The molecule has 0 bridgehead atoms. The predicted molar refractivity (Wildman–Crippen MR) is 122 cm³/mol. The van der Waals surface area contributed by atoms with E-state index in [9.17, 15) is 0 Å². The lowest BCUT2D eigenvalue weighted by atomic mass is 10.5. The van der Waals surface area contributed by atoms with E-state index in [0.717, 1.165) is 24.6 Å². The Morgan fingerprint density at radius 3 is 1.86 bits per heavy atom. The summed E-state index contributed by atoms with van der Waals surface area (Å²) in [6, 6.07) is 2.45. The van der Waals surface area contributed by atoms with E-state index in [0.29, 0.717) is 13.5 Å². The summed E-state index contributed by atoms with van der Waals surface area (Å²) in [4.78, 5) is 8.18. The number of nitrogens with zero attached hydrogens (tertiary/aromatic N) is 4. The second-order valence-corrected chi connectivity index (χ2v) is 21.0. The molecular weight excluding hydrogens is 384 g/mol. The molecule has 2 aromatic heterocycles. The van der Waals surface area contributed by atoms with Crippen molar-refractivity contribution < 1.29 is 9.47 Å². The van der Waals surface area contributed by atoms with Crippen molar-refractivity contribution in [3.8, 4) is 0 Å². The smallest absolute Gasteiger partial charge is 0.123 e. The lowest BCUT2D eigenvalue weighted by Crippen LogP contribution is -2.22. The van der Waals surface area contributed by atoms with E-state index in [4.69, 9.17) is 9.47 Å². The van der Waals surface area contributed by atoms with Crippen LogP contribution in [0.3, 0.4) is 0 Å². The zero-order chi connectivity index (χ0) is 21.2. The van der Waals surface area contributed by atoms with Crippen LogP contribution in [0.25, 0.3) is 0 Å². The van der Waals surface area contributed by atoms with Crippen molar-refractivity contribution >= 4 is 16.1 Å². The monoisotopic (exact) mass is 424 g/mol. The average Bonchev–Trinajstić information content (AvgIpc) is 3.15. The van der Waals surface area contributed by atoms with Crippen LogP contribution in [0.2, 0.25) is 51.4 Å². The Morgan fingerprint density at radius 2 is 1.43 bits per heavy atom. The van der Waals surface area contributed by atoms with E-state index in [1.807, 2.05) is 48.0 Å². The van der Waals surface area contributed by atoms with E-state index >= 15 is 0 Å². The van der Waals surface area contributed by atoms with Crippen LogP contribution in [0.15, 0.2) is 25.0 Å². The van der Waals surface area contributed by atoms with Crippen LogP contribution in [0.4, 0.5) is 0 Å². The zero-order valence-electron chi connectivity index (χ0n) is 19.2. The molecule has 0 radical (unpaired) electrons. The molecule has 2 heterocycles. The van der Waals surface area contributed by atoms with Gasteiger partial charge in [-0.1, -0.05) is 39.3 Å². The van der Waals surface area contributed by atoms with Crippen molar-refractivity contribution in [2.24, 2.45) is 0 Å². The molecule has 0 aliphatic rings. The molecular formula is C20H40N4O2Si2. The van der Waals surface area contributed by atoms with Gasteiger partial charge in [-0.25, -0.2) is 9.97 Å². The molecule has 0 saturated heterocycles. The van der Waals surface area contributed by atoms with Crippen LogP contribution < -0.4 is 0 Å². The highest BCUT2D eigenvalue weighted by Gasteiger charge is 2.12. The number of aryl methyl sites for hydroxylation is 2. The lowest BCUT2D eigenvalue weighted by Gasteiger charge is -2.15. The fraction of sp³-hybridized carbons (Fsp3) is 0.700. The Kier molecular flexibility index (Phi) is 10.4. The van der Waals surface area contributed by atoms with Gasteiger partial charge in [0.1, 0.15) is 13.5 Å². The van der Waals surface area contributed by atoms with Gasteiger partial charge in [0.15, 0.2) is 0 Å². The van der Waals surface area contributed by atoms with Crippen molar-refractivity contribution in [2.75, 3.05) is 13.2 Å². The molecule has 0 aliphatic heterocycles. The van der Waals surface area contributed by atoms with Crippen LogP contribution in [0.5, 0.6) is 0 Å². The zero-order valence-corrected chi connectivity index (χ0v) is 21.2. The van der Waals surface area contributed by atoms with Crippen molar-refractivity contribution in [3.05, 3.63) is 36.4 Å². The van der Waals surface area contributed by atoms with Gasteiger partial charge in [0.05, 0.1) is 18.3 Å². The molecule has 0 N–H and O–H groups in total. The van der Waals surface area contributed by atoms with Crippen molar-refractivity contribution in [3.63, 3.8) is 0 Å². The molecule has 0 fully saturated rings. The summed E-state index contributed by atoms with van der Waals surface area (Å²) in [7, 11) is -1.88. The summed E-state index contributed by atoms with van der Waals surface area (Å²) in [6.45, 7) is 21.2. The molecule has 0 unspecified atom stereocenters. The van der Waals surface area contributed by atoms with E-state index < -0.39 is 16.1 Å². The highest BCUT2D eigenvalue weighted by Crippen LogP contribution is 2.08. The maximum atomic E-state index is 5.59. The molecule has 0 amide bonds. The quantitative estimate of drug-likeness (QED) is 0.397. The Morgan fingerprint density at radius 1 is 0.857 bits per heavy atom. The molecule has 0 aliphatic carbocycles. The number of imidazole rings is 2. The molecule has 2 rings (SSSR count). The number of hydrogen-bond acceptors (Lipinski definition) is 4. The second-order valence-electron chi connectivity index (χ2n) is 9.73. The van der Waals surface area contributed by atoms with E-state index in [-0.39, 0.29) is 0 Å². The van der Waals surface area contributed by atoms with Gasteiger partial charge in [-0.2, -0.15) is 0 Å². The van der Waals surface area contributed by atoms with E-state index in [1.54, 1.807) is 0 Å². The van der Waals surface area contributed by atoms with Gasteiger partial charge in [-0.15, -0.1) is 0 Å². The van der Waals surface area contributed by atoms with Crippen molar-refractivity contribution in [2.45, 2.75) is 78.7 Å². The molecule has 8 heteroatoms. The van der Waals surface area contributed by atoms with Crippen LogP contribution in [-0.4, -0.2) is 48.5 Å². The standard InChI is InChI=1S/2C10H20N2OSi/c1-10-7-12(8-11-10)9-13-5-6-14(2,3)4;1-10-7-11-8-12(10)9-13-5-6-14(2,3)4/h2*7-8H,5-6,9H2,1-4H3. The summed E-state index contributed by atoms with van der Waals surface area (Å²) >= 11 is 0. The minimum atomic E-state index is -0.943. The molecule has 0 atom stereocenters. The summed E-state index contributed by atoms with van der Waals surface area (Å²) in [5, 5.41) is 0. The summed E-state index contributed by atoms with van der Waals surface area (Å²) in [5.41, 5.74) is 2.19. The maximum Gasteiger partial charge on any atom is 0.123 e. The van der Waals surface area contributed by atoms with Gasteiger partial charge in [0, 0.05) is 47.4 Å². The van der Waals surface area contributed by atoms with Gasteiger partial charge < -0.3 is 18.6 Å². The number of aromatic nitrogens is 4. The molecule has 0 saturated carbocycles. The third-order valence-corrected chi connectivity index (χ3v) is 7.55. The SMILES string of the molecule is Cc1cn(COCC[Si](C)(C)C)cn1.Cc1cncn1COCC[Si](C)(C)C. The molecule has 0 spiro atoms. The third kappa shape index (κ3) is 12.3. The van der Waals surface area contributed by atoms with Crippen LogP contribution in [0, 0.1) is 13.8 Å². The second kappa shape index (κ2) is 11.7. The average molecular weight is 425 g/mol. The molecule has 28 heavy (non-hydrogen) atoms. The Hall–Kier alpha value is -1.23. The summed E-state index contributed by atoms with van der Waals surface area (Å²) < 4.78 is 15.1. The van der Waals surface area contributed by atoms with Crippen LogP contribution in [0.1, 0.15) is 11.4 Å². The first-order valence-corrected chi connectivity index (χ1v) is 17.5. The van der Waals surface area contributed by atoms with Gasteiger partial charge in [-0.05, 0) is 25.9 Å². The lowest BCUT2D eigenvalue weighted by molar-refractivity contribution is 0.0859. The minimum absolute atomic E-state index is 0.630. The first kappa shape index (κ1) is 24.8. The Balaban J connectivity index is 0.000000280. The first-order valence-electron chi connectivity index (χ1n) is 10.1. The largest absolute Gasteiger partial charge is 0.361 e. The summed E-state index contributed by atoms with van der Waals surface area (Å²) in [6.07, 6.45) is 7.46. The number of ether oxygens (including phenoxy) is 2. The topological polar surface area (TPSA) is 54.1 Å². The van der Waals surface area contributed by atoms with Gasteiger partial charge in [0.25, 0.3) is 0 Å². The van der Waals surface area contributed by atoms with E-state index in [1.165, 1.54) is 12.1 Å². The fourth-order valence-corrected chi connectivity index (χ4v) is 3.67. The highest BCUT2D eigenvalue weighted by atomic mass is 28.3. The first-order chi connectivity index (χ1) is 13.0. The molecule has 6 nitrogen and oxygen atoms in total. The third-order valence-electron chi connectivity index (χ3n) is 4.15. The maximum absolute atomic E-state index is 5.59.